The Labute approximate surface area is 180 Å². The van der Waals surface area contributed by atoms with Gasteiger partial charge in [-0.3, -0.25) is 9.59 Å². The molecule has 0 saturated carbocycles. The number of hydrogen-bond acceptors (Lipinski definition) is 5. The lowest BCUT2D eigenvalue weighted by Gasteiger charge is -2.13. The van der Waals surface area contributed by atoms with Crippen molar-refractivity contribution in [3.63, 3.8) is 0 Å². The van der Waals surface area contributed by atoms with E-state index in [2.05, 4.69) is 31.2 Å². The fraction of sp³-hybridized carbons (Fsp3) is 0.0952. The molecule has 9 heteroatoms. The van der Waals surface area contributed by atoms with E-state index in [1.807, 2.05) is 24.3 Å². The van der Waals surface area contributed by atoms with E-state index >= 15 is 0 Å². The summed E-state index contributed by atoms with van der Waals surface area (Å²) in [6, 6.07) is 14.7. The van der Waals surface area contributed by atoms with Crippen LogP contribution in [-0.2, 0) is 6.54 Å². The molecule has 2 heterocycles. The maximum atomic E-state index is 12.4. The Kier molecular flexibility index (Phi) is 5.04. The van der Waals surface area contributed by atoms with E-state index in [0.717, 1.165) is 10.0 Å². The number of rotatable bonds is 5. The average Bonchev–Trinajstić information content (AvgIpc) is 3.07. The number of para-hydroxylation sites is 1. The maximum absolute atomic E-state index is 12.4. The molecule has 0 unspecified atom stereocenters. The molecule has 0 atom stereocenters. The third kappa shape index (κ3) is 3.43. The zero-order valence-corrected chi connectivity index (χ0v) is 17.5. The van der Waals surface area contributed by atoms with Gasteiger partial charge in [0, 0.05) is 15.4 Å². The van der Waals surface area contributed by atoms with Crippen LogP contribution in [0.25, 0.3) is 22.2 Å². The molecule has 2 aromatic heterocycles. The quantitative estimate of drug-likeness (QED) is 0.468. The van der Waals surface area contributed by atoms with E-state index in [-0.39, 0.29) is 16.8 Å². The molecule has 0 fully saturated rings. The summed E-state index contributed by atoms with van der Waals surface area (Å²) in [5, 5.41) is 8.97. The SMILES string of the molecule is Cc1c(-c2c(C(N)=O)nc3ccccc3c2C(N)=O)nnn1Cc1ccc(Br)cc1. The first-order valence-corrected chi connectivity index (χ1v) is 9.83. The van der Waals surface area contributed by atoms with E-state index < -0.39 is 11.8 Å². The molecule has 30 heavy (non-hydrogen) atoms. The van der Waals surface area contributed by atoms with Crippen LogP contribution in [0.2, 0.25) is 0 Å². The van der Waals surface area contributed by atoms with Crippen molar-refractivity contribution in [2.24, 2.45) is 11.5 Å². The van der Waals surface area contributed by atoms with Crippen molar-refractivity contribution < 1.29 is 9.59 Å². The van der Waals surface area contributed by atoms with Gasteiger partial charge in [-0.1, -0.05) is 51.5 Å². The Morgan fingerprint density at radius 1 is 1.03 bits per heavy atom. The van der Waals surface area contributed by atoms with Gasteiger partial charge in [0.2, 0.25) is 5.91 Å². The highest BCUT2D eigenvalue weighted by molar-refractivity contribution is 9.10. The summed E-state index contributed by atoms with van der Waals surface area (Å²) in [6.07, 6.45) is 0. The Bertz CT molecular complexity index is 1300. The summed E-state index contributed by atoms with van der Waals surface area (Å²) in [7, 11) is 0. The molecule has 0 saturated heterocycles. The molecule has 4 rings (SSSR count). The maximum Gasteiger partial charge on any atom is 0.268 e. The standard InChI is InChI=1S/C21H17BrN6O2/c1-11-18(26-27-28(11)10-12-6-8-13(22)9-7-12)17-16(20(23)29)14-4-2-3-5-15(14)25-19(17)21(24)30/h2-9H,10H2,1H3,(H2,23,29)(H2,24,30). The van der Waals surface area contributed by atoms with Crippen molar-refractivity contribution in [1.29, 1.82) is 0 Å². The van der Waals surface area contributed by atoms with Crippen molar-refractivity contribution in [1.82, 2.24) is 20.0 Å². The summed E-state index contributed by atoms with van der Waals surface area (Å²) >= 11 is 3.41. The van der Waals surface area contributed by atoms with E-state index in [1.165, 1.54) is 0 Å². The number of benzene rings is 2. The second-order valence-corrected chi connectivity index (χ2v) is 7.68. The van der Waals surface area contributed by atoms with Gasteiger partial charge in [-0.25, -0.2) is 9.67 Å². The van der Waals surface area contributed by atoms with Gasteiger partial charge in [-0.2, -0.15) is 0 Å². The summed E-state index contributed by atoms with van der Waals surface area (Å²) in [4.78, 5) is 29.0. The number of hydrogen-bond donors (Lipinski definition) is 2. The van der Waals surface area contributed by atoms with Crippen LogP contribution in [0.5, 0.6) is 0 Å². The minimum Gasteiger partial charge on any atom is -0.366 e. The summed E-state index contributed by atoms with van der Waals surface area (Å²) < 4.78 is 2.66. The van der Waals surface area contributed by atoms with Gasteiger partial charge >= 0.3 is 0 Å². The molecule has 0 radical (unpaired) electrons. The molecule has 0 aliphatic heterocycles. The van der Waals surface area contributed by atoms with Gasteiger partial charge in [-0.15, -0.1) is 5.10 Å². The number of nitrogens with two attached hydrogens (primary N) is 2. The number of fused-ring (bicyclic) bond motifs is 1. The highest BCUT2D eigenvalue weighted by Crippen LogP contribution is 2.32. The number of primary amides is 2. The first-order valence-electron chi connectivity index (χ1n) is 9.04. The smallest absolute Gasteiger partial charge is 0.268 e. The second-order valence-electron chi connectivity index (χ2n) is 6.76. The van der Waals surface area contributed by atoms with Gasteiger partial charge in [0.1, 0.15) is 11.4 Å². The molecule has 2 aromatic carbocycles. The van der Waals surface area contributed by atoms with Gasteiger partial charge in [0.15, 0.2) is 0 Å². The molecule has 0 bridgehead atoms. The topological polar surface area (TPSA) is 130 Å². The third-order valence-corrected chi connectivity index (χ3v) is 5.37. The van der Waals surface area contributed by atoms with Crippen molar-refractivity contribution in [3.05, 3.63) is 75.5 Å². The predicted octanol–water partition coefficient (Wildman–Crippen LogP) is 2.81. The monoisotopic (exact) mass is 464 g/mol. The van der Waals surface area contributed by atoms with Crippen LogP contribution in [0, 0.1) is 6.92 Å². The third-order valence-electron chi connectivity index (χ3n) is 4.84. The number of halogens is 1. The fourth-order valence-corrected chi connectivity index (χ4v) is 3.65. The largest absolute Gasteiger partial charge is 0.366 e. The second kappa shape index (κ2) is 7.68. The number of nitrogens with zero attached hydrogens (tertiary/aromatic N) is 4. The normalized spacial score (nSPS) is 11.0. The van der Waals surface area contributed by atoms with E-state index in [9.17, 15) is 9.59 Å². The predicted molar refractivity (Wildman–Crippen MR) is 116 cm³/mol. The van der Waals surface area contributed by atoms with Gasteiger partial charge in [-0.05, 0) is 30.7 Å². The fourth-order valence-electron chi connectivity index (χ4n) is 3.38. The van der Waals surface area contributed by atoms with E-state index in [4.69, 9.17) is 11.5 Å². The minimum absolute atomic E-state index is 0.0682. The van der Waals surface area contributed by atoms with Crippen molar-refractivity contribution in [3.8, 4) is 11.3 Å². The molecular formula is C21H17BrN6O2. The van der Waals surface area contributed by atoms with Crippen molar-refractivity contribution in [2.45, 2.75) is 13.5 Å². The first-order chi connectivity index (χ1) is 14.4. The Balaban J connectivity index is 1.93. The molecule has 2 amide bonds. The molecule has 0 spiro atoms. The number of carbonyl (C=O) groups is 2. The first kappa shape index (κ1) is 19.7. The van der Waals surface area contributed by atoms with Crippen LogP contribution in [0.15, 0.2) is 53.0 Å². The van der Waals surface area contributed by atoms with Crippen LogP contribution in [-0.4, -0.2) is 31.8 Å². The Morgan fingerprint density at radius 2 is 1.73 bits per heavy atom. The summed E-state index contributed by atoms with van der Waals surface area (Å²) in [6.45, 7) is 2.27. The highest BCUT2D eigenvalue weighted by Gasteiger charge is 2.26. The molecular weight excluding hydrogens is 448 g/mol. The van der Waals surface area contributed by atoms with Crippen molar-refractivity contribution >= 4 is 38.6 Å². The number of aromatic nitrogens is 4. The lowest BCUT2D eigenvalue weighted by Crippen LogP contribution is -2.21. The summed E-state index contributed by atoms with van der Waals surface area (Å²) in [5.41, 5.74) is 14.0. The van der Waals surface area contributed by atoms with Gasteiger partial charge < -0.3 is 11.5 Å². The van der Waals surface area contributed by atoms with Crippen LogP contribution < -0.4 is 11.5 Å². The Hall–Kier alpha value is -3.59. The van der Waals surface area contributed by atoms with Crippen molar-refractivity contribution in [2.75, 3.05) is 0 Å². The lowest BCUT2D eigenvalue weighted by atomic mass is 9.96. The number of carbonyl (C=O) groups excluding carboxylic acids is 2. The zero-order valence-electron chi connectivity index (χ0n) is 16.0. The lowest BCUT2D eigenvalue weighted by molar-refractivity contribution is 0.0996. The molecule has 0 aliphatic rings. The molecule has 4 aromatic rings. The van der Waals surface area contributed by atoms with Crippen LogP contribution in [0.4, 0.5) is 0 Å². The minimum atomic E-state index is -0.778. The molecule has 150 valence electrons. The average molecular weight is 465 g/mol. The summed E-state index contributed by atoms with van der Waals surface area (Å²) in [5.74, 6) is -1.48. The van der Waals surface area contributed by atoms with Gasteiger partial charge in [0.05, 0.1) is 23.3 Å². The number of amides is 2. The van der Waals surface area contributed by atoms with Crippen LogP contribution in [0.1, 0.15) is 32.1 Å². The van der Waals surface area contributed by atoms with E-state index in [1.54, 1.807) is 35.9 Å². The number of pyridine rings is 1. The molecule has 8 nitrogen and oxygen atoms in total. The Morgan fingerprint density at radius 3 is 2.40 bits per heavy atom. The van der Waals surface area contributed by atoms with E-state index in [0.29, 0.717) is 28.8 Å². The van der Waals surface area contributed by atoms with Crippen LogP contribution in [0.3, 0.4) is 0 Å². The van der Waals surface area contributed by atoms with Gasteiger partial charge in [0.25, 0.3) is 5.91 Å². The zero-order chi connectivity index (χ0) is 21.4. The molecule has 4 N–H and O–H groups in total. The van der Waals surface area contributed by atoms with Crippen LogP contribution >= 0.6 is 15.9 Å². The highest BCUT2D eigenvalue weighted by atomic mass is 79.9. The molecule has 0 aliphatic carbocycles.